The van der Waals surface area contributed by atoms with E-state index in [0.717, 1.165) is 0 Å². The molecule has 0 spiro atoms. The van der Waals surface area contributed by atoms with E-state index in [4.69, 9.17) is 12.2 Å². The van der Waals surface area contributed by atoms with Crippen molar-refractivity contribution in [3.8, 4) is 0 Å². The highest BCUT2D eigenvalue weighted by Gasteiger charge is 2.13. The van der Waals surface area contributed by atoms with Gasteiger partial charge in [0, 0.05) is 11.3 Å². The lowest BCUT2D eigenvalue weighted by molar-refractivity contribution is 0.0450. The highest BCUT2D eigenvalue weighted by atomic mass is 32.1. The fourth-order valence-electron chi connectivity index (χ4n) is 1.49. The van der Waals surface area contributed by atoms with E-state index in [2.05, 4.69) is 5.32 Å². The first kappa shape index (κ1) is 14.0. The number of carbonyl (C=O) groups excluding carboxylic acids is 1. The second kappa shape index (κ2) is 6.63. The predicted octanol–water partition coefficient (Wildman–Crippen LogP) is 2.91. The van der Waals surface area contributed by atoms with Gasteiger partial charge in [0.15, 0.2) is 0 Å². The molecular formula is C14H12FN3OS. The van der Waals surface area contributed by atoms with Crippen LogP contribution in [0.25, 0.3) is 0 Å². The zero-order chi connectivity index (χ0) is 14.4. The molecule has 0 unspecified atom stereocenters. The Morgan fingerprint density at radius 1 is 1.00 bits per heavy atom. The van der Waals surface area contributed by atoms with Gasteiger partial charge >= 0.3 is 0 Å². The first-order valence-electron chi connectivity index (χ1n) is 5.85. The number of halogens is 1. The van der Waals surface area contributed by atoms with E-state index >= 15 is 0 Å². The highest BCUT2D eigenvalue weighted by molar-refractivity contribution is 7.80. The summed E-state index contributed by atoms with van der Waals surface area (Å²) in [4.78, 5) is 11.7. The van der Waals surface area contributed by atoms with Gasteiger partial charge in [0.05, 0.1) is 0 Å². The summed E-state index contributed by atoms with van der Waals surface area (Å²) in [6.45, 7) is 0. The minimum Gasteiger partial charge on any atom is -0.329 e. The van der Waals surface area contributed by atoms with E-state index in [1.807, 2.05) is 11.5 Å². The number of para-hydroxylation sites is 1. The third-order valence-electron chi connectivity index (χ3n) is 2.44. The van der Waals surface area contributed by atoms with E-state index in [-0.39, 0.29) is 10.3 Å². The lowest BCUT2D eigenvalue weighted by atomic mass is 10.2. The van der Waals surface area contributed by atoms with Crippen molar-refractivity contribution in [3.05, 3.63) is 66.2 Å². The predicted molar refractivity (Wildman–Crippen MR) is 79.5 cm³/mol. The molecule has 2 N–H and O–H groups in total. The number of rotatable bonds is 2. The SMILES string of the molecule is O=C(NN(F)C(=S)Nc1ccccc1)c1ccccc1. The number of benzene rings is 2. The Labute approximate surface area is 121 Å². The maximum absolute atomic E-state index is 13.7. The summed E-state index contributed by atoms with van der Waals surface area (Å²) in [6.07, 6.45) is 0. The highest BCUT2D eigenvalue weighted by Crippen LogP contribution is 2.06. The van der Waals surface area contributed by atoms with Crippen LogP contribution in [0.15, 0.2) is 60.7 Å². The van der Waals surface area contributed by atoms with Crippen LogP contribution in [-0.2, 0) is 0 Å². The molecule has 2 aromatic carbocycles. The first-order valence-corrected chi connectivity index (χ1v) is 6.25. The molecule has 4 nitrogen and oxygen atoms in total. The van der Waals surface area contributed by atoms with Gasteiger partial charge in [-0.05, 0) is 36.5 Å². The monoisotopic (exact) mass is 289 g/mol. The van der Waals surface area contributed by atoms with Gasteiger partial charge in [-0.15, -0.1) is 0 Å². The van der Waals surface area contributed by atoms with E-state index in [0.29, 0.717) is 11.3 Å². The van der Waals surface area contributed by atoms with E-state index in [9.17, 15) is 9.28 Å². The topological polar surface area (TPSA) is 44.4 Å². The first-order chi connectivity index (χ1) is 9.66. The Bertz CT molecular complexity index is 592. The summed E-state index contributed by atoms with van der Waals surface area (Å²) in [5.74, 6) is -0.578. The molecule has 2 aromatic rings. The molecule has 0 saturated heterocycles. The van der Waals surface area contributed by atoms with Crippen molar-refractivity contribution >= 4 is 28.9 Å². The Hall–Kier alpha value is -2.47. The quantitative estimate of drug-likeness (QED) is 0.507. The van der Waals surface area contributed by atoms with Crippen molar-refractivity contribution in [2.75, 3.05) is 5.32 Å². The number of hydrazine groups is 1. The number of anilines is 1. The van der Waals surface area contributed by atoms with E-state index in [1.165, 1.54) is 0 Å². The average Bonchev–Trinajstić information content (AvgIpc) is 2.49. The standard InChI is InChI=1S/C14H12FN3OS/c15-18(14(20)16-12-9-5-2-6-10-12)17-13(19)11-7-3-1-4-8-11/h1-10H,(H,16,20)(H,17,19). The van der Waals surface area contributed by atoms with Crippen molar-refractivity contribution in [1.29, 1.82) is 0 Å². The van der Waals surface area contributed by atoms with Gasteiger partial charge in [-0.3, -0.25) is 4.79 Å². The zero-order valence-electron chi connectivity index (χ0n) is 10.4. The van der Waals surface area contributed by atoms with Crippen LogP contribution >= 0.6 is 12.2 Å². The number of hydrogen-bond donors (Lipinski definition) is 2. The van der Waals surface area contributed by atoms with Crippen LogP contribution in [0.4, 0.5) is 10.2 Å². The van der Waals surface area contributed by atoms with Gasteiger partial charge in [-0.1, -0.05) is 46.1 Å². The Morgan fingerprint density at radius 2 is 1.55 bits per heavy atom. The maximum atomic E-state index is 13.7. The van der Waals surface area contributed by atoms with Gasteiger partial charge in [0.1, 0.15) is 0 Å². The lowest BCUT2D eigenvalue weighted by Crippen LogP contribution is -2.42. The number of carbonyl (C=O) groups is 1. The molecule has 0 saturated carbocycles. The summed E-state index contributed by atoms with van der Waals surface area (Å²) >= 11 is 4.85. The summed E-state index contributed by atoms with van der Waals surface area (Å²) in [5, 5.41) is 2.40. The van der Waals surface area contributed by atoms with Crippen LogP contribution in [0.1, 0.15) is 10.4 Å². The van der Waals surface area contributed by atoms with Crippen molar-refractivity contribution in [2.45, 2.75) is 0 Å². The lowest BCUT2D eigenvalue weighted by Gasteiger charge is -2.16. The van der Waals surface area contributed by atoms with Crippen LogP contribution in [0.3, 0.4) is 0 Å². The summed E-state index contributed by atoms with van der Waals surface area (Å²) in [7, 11) is 0. The van der Waals surface area contributed by atoms with Gasteiger partial charge in [0.2, 0.25) is 5.11 Å². The molecule has 102 valence electrons. The normalized spacial score (nSPS) is 9.65. The summed E-state index contributed by atoms with van der Waals surface area (Å²) in [5.41, 5.74) is 3.02. The Balaban J connectivity index is 1.93. The number of thiocarbonyl (C=S) groups is 1. The minimum absolute atomic E-state index is 0.0162. The summed E-state index contributed by atoms with van der Waals surface area (Å²) in [6, 6.07) is 17.2. The number of nitrogens with zero attached hydrogens (tertiary/aromatic N) is 1. The fourth-order valence-corrected chi connectivity index (χ4v) is 1.65. The second-order valence-corrected chi connectivity index (χ2v) is 4.27. The molecule has 0 aliphatic heterocycles. The van der Waals surface area contributed by atoms with Crippen molar-refractivity contribution in [2.24, 2.45) is 0 Å². The molecule has 0 atom stereocenters. The fraction of sp³-hybridized carbons (Fsp3) is 0. The van der Waals surface area contributed by atoms with Crippen LogP contribution < -0.4 is 10.7 Å². The molecule has 2 rings (SSSR count). The molecule has 1 amide bonds. The molecular weight excluding hydrogens is 277 g/mol. The zero-order valence-corrected chi connectivity index (χ0v) is 11.2. The van der Waals surface area contributed by atoms with Crippen LogP contribution in [0, 0.1) is 0 Å². The van der Waals surface area contributed by atoms with Crippen LogP contribution in [-0.4, -0.2) is 16.3 Å². The molecule has 0 fully saturated rings. The largest absolute Gasteiger partial charge is 0.329 e. The smallest absolute Gasteiger partial charge is 0.271 e. The number of amides is 1. The molecule has 0 aliphatic rings. The van der Waals surface area contributed by atoms with Gasteiger partial charge in [0.25, 0.3) is 5.91 Å². The third-order valence-corrected chi connectivity index (χ3v) is 2.70. The van der Waals surface area contributed by atoms with Crippen LogP contribution in [0.5, 0.6) is 0 Å². The average molecular weight is 289 g/mol. The number of nitrogens with one attached hydrogen (secondary N) is 2. The van der Waals surface area contributed by atoms with Crippen LogP contribution in [0.2, 0.25) is 0 Å². The maximum Gasteiger partial charge on any atom is 0.271 e. The van der Waals surface area contributed by atoms with Crippen molar-refractivity contribution < 1.29 is 9.28 Å². The Kier molecular flexibility index (Phi) is 4.62. The molecule has 0 bridgehead atoms. The molecule has 20 heavy (non-hydrogen) atoms. The molecule has 0 aliphatic carbocycles. The van der Waals surface area contributed by atoms with Crippen molar-refractivity contribution in [3.63, 3.8) is 0 Å². The van der Waals surface area contributed by atoms with Gasteiger partial charge in [-0.2, -0.15) is 0 Å². The molecule has 0 heterocycles. The molecule has 0 aromatic heterocycles. The van der Waals surface area contributed by atoms with Gasteiger partial charge < -0.3 is 5.32 Å². The summed E-state index contributed by atoms with van der Waals surface area (Å²) < 4.78 is 13.7. The minimum atomic E-state index is -0.578. The molecule has 6 heteroatoms. The van der Waals surface area contributed by atoms with Crippen molar-refractivity contribution in [1.82, 2.24) is 10.7 Å². The van der Waals surface area contributed by atoms with Gasteiger partial charge in [-0.25, -0.2) is 5.43 Å². The Morgan fingerprint density at radius 3 is 2.15 bits per heavy atom. The molecule has 0 radical (unpaired) electrons. The van der Waals surface area contributed by atoms with E-state index < -0.39 is 5.91 Å². The number of hydrogen-bond acceptors (Lipinski definition) is 2. The second-order valence-electron chi connectivity index (χ2n) is 3.88. The van der Waals surface area contributed by atoms with E-state index in [1.54, 1.807) is 54.6 Å². The third kappa shape index (κ3) is 3.76.